The summed E-state index contributed by atoms with van der Waals surface area (Å²) in [6.07, 6.45) is -0.145. The fourth-order valence-electron chi connectivity index (χ4n) is 1.28. The molecule has 2 unspecified atom stereocenters. The molecule has 2 atom stereocenters. The van der Waals surface area contributed by atoms with Gasteiger partial charge in [-0.25, -0.2) is 0 Å². The molecule has 8 heteroatoms. The molecule has 0 aromatic heterocycles. The van der Waals surface area contributed by atoms with E-state index in [1.807, 2.05) is 12.1 Å². The number of hydrogen-bond donors (Lipinski definition) is 1. The summed E-state index contributed by atoms with van der Waals surface area (Å²) >= 11 is 0. The Morgan fingerprint density at radius 3 is 1.86 bits per heavy atom. The SMILES string of the molecule is COC(=O)CCC(C)(C#N)N=NC(C)(C#N)CCC(=O)O. The third-order valence-electron chi connectivity index (χ3n) is 2.84. The summed E-state index contributed by atoms with van der Waals surface area (Å²) in [6, 6.07) is 3.81. The third-order valence-corrected chi connectivity index (χ3v) is 2.84. The molecule has 0 aliphatic rings. The fourth-order valence-corrected chi connectivity index (χ4v) is 1.28. The highest BCUT2D eigenvalue weighted by atomic mass is 16.5. The number of methoxy groups -OCH3 is 1. The van der Waals surface area contributed by atoms with Crippen LogP contribution in [-0.4, -0.2) is 35.2 Å². The van der Waals surface area contributed by atoms with E-state index in [0.717, 1.165) is 0 Å². The second kappa shape index (κ2) is 7.95. The summed E-state index contributed by atoms with van der Waals surface area (Å²) in [5.41, 5.74) is -2.59. The monoisotopic (exact) mass is 294 g/mol. The Kier molecular flexibility index (Phi) is 7.01. The second-order valence-electron chi connectivity index (χ2n) is 4.94. The van der Waals surface area contributed by atoms with Crippen LogP contribution in [0.5, 0.6) is 0 Å². The van der Waals surface area contributed by atoms with Crippen molar-refractivity contribution < 1.29 is 19.4 Å². The van der Waals surface area contributed by atoms with Gasteiger partial charge in [-0.15, -0.1) is 0 Å². The average Bonchev–Trinajstić information content (AvgIpc) is 2.48. The lowest BCUT2D eigenvalue weighted by Gasteiger charge is -2.18. The highest BCUT2D eigenvalue weighted by Gasteiger charge is 2.29. The number of carbonyl (C=O) groups is 2. The highest BCUT2D eigenvalue weighted by molar-refractivity contribution is 5.69. The normalized spacial score (nSPS) is 16.2. The molecule has 0 radical (unpaired) electrons. The van der Waals surface area contributed by atoms with Crippen LogP contribution < -0.4 is 0 Å². The lowest BCUT2D eigenvalue weighted by molar-refractivity contribution is -0.141. The number of carboxylic acid groups (broad SMARTS) is 1. The number of carbonyl (C=O) groups excluding carboxylic acids is 1. The molecule has 1 N–H and O–H groups in total. The molecule has 0 aromatic carbocycles. The molecule has 0 heterocycles. The molecule has 0 rings (SSSR count). The van der Waals surface area contributed by atoms with Crippen molar-refractivity contribution in [3.05, 3.63) is 0 Å². The number of hydrogen-bond acceptors (Lipinski definition) is 7. The lowest BCUT2D eigenvalue weighted by Crippen LogP contribution is -2.25. The van der Waals surface area contributed by atoms with E-state index in [-0.39, 0.29) is 25.7 Å². The zero-order valence-electron chi connectivity index (χ0n) is 12.3. The van der Waals surface area contributed by atoms with E-state index in [0.29, 0.717) is 0 Å². The molecule has 0 spiro atoms. The van der Waals surface area contributed by atoms with Gasteiger partial charge in [-0.3, -0.25) is 9.59 Å². The van der Waals surface area contributed by atoms with E-state index in [1.54, 1.807) is 0 Å². The van der Waals surface area contributed by atoms with Crippen molar-refractivity contribution in [3.63, 3.8) is 0 Å². The van der Waals surface area contributed by atoms with Gasteiger partial charge in [0, 0.05) is 12.8 Å². The van der Waals surface area contributed by atoms with Crippen LogP contribution in [0.15, 0.2) is 10.2 Å². The van der Waals surface area contributed by atoms with Crippen molar-refractivity contribution in [1.82, 2.24) is 0 Å². The molecule has 0 fully saturated rings. The molecule has 0 amide bonds. The zero-order chi connectivity index (χ0) is 16.5. The van der Waals surface area contributed by atoms with Crippen LogP contribution in [-0.2, 0) is 14.3 Å². The first-order valence-electron chi connectivity index (χ1n) is 6.25. The first-order chi connectivity index (χ1) is 9.70. The van der Waals surface area contributed by atoms with Gasteiger partial charge in [-0.05, 0) is 26.7 Å². The fraction of sp³-hybridized carbons (Fsp3) is 0.692. The van der Waals surface area contributed by atoms with Crippen LogP contribution in [0.4, 0.5) is 0 Å². The van der Waals surface area contributed by atoms with E-state index < -0.39 is 23.0 Å². The molecular weight excluding hydrogens is 276 g/mol. The summed E-state index contributed by atoms with van der Waals surface area (Å²) < 4.78 is 4.48. The van der Waals surface area contributed by atoms with Crippen LogP contribution in [0.1, 0.15) is 39.5 Å². The van der Waals surface area contributed by atoms with Gasteiger partial charge in [0.2, 0.25) is 0 Å². The maximum absolute atomic E-state index is 11.1. The number of rotatable bonds is 8. The molecule has 0 saturated heterocycles. The predicted octanol–water partition coefficient (Wildman–Crippen LogP) is 1.82. The van der Waals surface area contributed by atoms with Gasteiger partial charge in [0.25, 0.3) is 0 Å². The van der Waals surface area contributed by atoms with E-state index in [1.165, 1.54) is 21.0 Å². The first kappa shape index (κ1) is 18.5. The highest BCUT2D eigenvalue weighted by Crippen LogP contribution is 2.23. The number of ether oxygens (including phenoxy) is 1. The van der Waals surface area contributed by atoms with Crippen molar-refractivity contribution in [3.8, 4) is 12.1 Å². The molecule has 0 aromatic rings. The van der Waals surface area contributed by atoms with E-state index in [4.69, 9.17) is 15.6 Å². The smallest absolute Gasteiger partial charge is 0.305 e. The van der Waals surface area contributed by atoms with Crippen LogP contribution in [0.25, 0.3) is 0 Å². The number of esters is 1. The first-order valence-corrected chi connectivity index (χ1v) is 6.25. The van der Waals surface area contributed by atoms with Crippen LogP contribution in [0.3, 0.4) is 0 Å². The Hall–Kier alpha value is -2.48. The zero-order valence-corrected chi connectivity index (χ0v) is 12.3. The van der Waals surface area contributed by atoms with Crippen LogP contribution >= 0.6 is 0 Å². The second-order valence-corrected chi connectivity index (χ2v) is 4.94. The Labute approximate surface area is 123 Å². The van der Waals surface area contributed by atoms with Gasteiger partial charge < -0.3 is 9.84 Å². The number of nitriles is 2. The summed E-state index contributed by atoms with van der Waals surface area (Å²) in [6.45, 7) is 2.92. The van der Waals surface area contributed by atoms with Crippen LogP contribution in [0, 0.1) is 22.7 Å². The Morgan fingerprint density at radius 2 is 1.52 bits per heavy atom. The summed E-state index contributed by atoms with van der Waals surface area (Å²) in [5.74, 6) is -1.51. The quantitative estimate of drug-likeness (QED) is 0.535. The minimum absolute atomic E-state index is 0.00201. The van der Waals surface area contributed by atoms with Crippen molar-refractivity contribution in [1.29, 1.82) is 10.5 Å². The number of azo groups is 1. The van der Waals surface area contributed by atoms with Gasteiger partial charge in [0.15, 0.2) is 11.1 Å². The van der Waals surface area contributed by atoms with E-state index in [2.05, 4.69) is 15.0 Å². The number of aliphatic carboxylic acids is 1. The standard InChI is InChI=1S/C13H18N4O4/c1-12(8-14,6-4-10(18)19)16-17-13(2,9-15)7-5-11(20)21-3/h4-7H2,1-3H3,(H,18,19). The Balaban J connectivity index is 4.91. The van der Waals surface area contributed by atoms with Crippen molar-refractivity contribution in [2.24, 2.45) is 10.2 Å². The largest absolute Gasteiger partial charge is 0.481 e. The number of nitrogens with zero attached hydrogens (tertiary/aromatic N) is 4. The lowest BCUT2D eigenvalue weighted by atomic mass is 9.97. The van der Waals surface area contributed by atoms with Gasteiger partial charge in [0.1, 0.15) is 0 Å². The van der Waals surface area contributed by atoms with Crippen molar-refractivity contribution in [2.45, 2.75) is 50.6 Å². The van der Waals surface area contributed by atoms with E-state index in [9.17, 15) is 9.59 Å². The Bertz CT molecular complexity index is 505. The van der Waals surface area contributed by atoms with Gasteiger partial charge in [-0.2, -0.15) is 20.8 Å². The van der Waals surface area contributed by atoms with Crippen molar-refractivity contribution >= 4 is 11.9 Å². The average molecular weight is 294 g/mol. The van der Waals surface area contributed by atoms with Gasteiger partial charge in [-0.1, -0.05) is 0 Å². The van der Waals surface area contributed by atoms with Crippen LogP contribution in [0.2, 0.25) is 0 Å². The minimum atomic E-state index is -1.32. The van der Waals surface area contributed by atoms with Crippen molar-refractivity contribution in [2.75, 3.05) is 7.11 Å². The maximum atomic E-state index is 11.1. The molecule has 0 bridgehead atoms. The minimum Gasteiger partial charge on any atom is -0.481 e. The third kappa shape index (κ3) is 7.02. The molecule has 0 saturated carbocycles. The topological polar surface area (TPSA) is 136 Å². The van der Waals surface area contributed by atoms with Gasteiger partial charge in [0.05, 0.1) is 19.2 Å². The van der Waals surface area contributed by atoms with Gasteiger partial charge >= 0.3 is 11.9 Å². The molecule has 8 nitrogen and oxygen atoms in total. The molecule has 114 valence electrons. The summed E-state index contributed by atoms with van der Waals surface area (Å²) in [5, 5.41) is 34.5. The predicted molar refractivity (Wildman–Crippen MR) is 71.0 cm³/mol. The molecule has 0 aliphatic carbocycles. The van der Waals surface area contributed by atoms with E-state index >= 15 is 0 Å². The number of carboxylic acids is 1. The summed E-state index contributed by atoms with van der Waals surface area (Å²) in [7, 11) is 1.24. The maximum Gasteiger partial charge on any atom is 0.305 e. The molecular formula is C13H18N4O4. The Morgan fingerprint density at radius 1 is 1.10 bits per heavy atom. The summed E-state index contributed by atoms with van der Waals surface area (Å²) in [4.78, 5) is 21.6. The molecule has 21 heavy (non-hydrogen) atoms. The molecule has 0 aliphatic heterocycles.